The van der Waals surface area contributed by atoms with Crippen molar-refractivity contribution in [2.45, 2.75) is 76.7 Å². The Morgan fingerprint density at radius 3 is 1.34 bits per heavy atom. The average Bonchev–Trinajstić information content (AvgIpc) is 3.92. The number of hydrogen-bond donors (Lipinski definition) is 0. The molecule has 0 saturated heterocycles. The van der Waals surface area contributed by atoms with Gasteiger partial charge in [0, 0.05) is 68.5 Å². The highest BCUT2D eigenvalue weighted by molar-refractivity contribution is 7.20. The topological polar surface area (TPSA) is 168 Å². The molecule has 4 aliphatic carbocycles. The average molecular weight is 781 g/mol. The first-order chi connectivity index (χ1) is 26.7. The van der Waals surface area contributed by atoms with Crippen molar-refractivity contribution in [3.8, 4) is 44.5 Å². The number of Topliss-reactive ketones (excluding diaryl/α,β-unsaturated/α-hetero) is 4. The molecule has 4 saturated carbocycles. The Bertz CT molecular complexity index is 2340. The smallest absolute Gasteiger partial charge is 0.297 e. The number of nitrogens with zero attached hydrogens (tertiary/aromatic N) is 6. The van der Waals surface area contributed by atoms with E-state index in [-0.39, 0.29) is 60.2 Å². The zero-order valence-corrected chi connectivity index (χ0v) is 32.3. The van der Waals surface area contributed by atoms with Gasteiger partial charge in [-0.25, -0.2) is 23.1 Å². The molecule has 8 unspecified atom stereocenters. The molecule has 0 spiro atoms. The van der Waals surface area contributed by atoms with Crippen molar-refractivity contribution in [2.24, 2.45) is 45.5 Å². The maximum Gasteiger partial charge on any atom is 0.297 e. The minimum atomic E-state index is -0.814. The van der Waals surface area contributed by atoms with Crippen LogP contribution in [-0.4, -0.2) is 46.6 Å². The van der Waals surface area contributed by atoms with E-state index in [0.717, 1.165) is 32.0 Å². The number of thiophene rings is 2. The predicted molar refractivity (Wildman–Crippen MR) is 206 cm³/mol. The van der Waals surface area contributed by atoms with E-state index >= 15 is 0 Å². The van der Waals surface area contributed by atoms with Gasteiger partial charge in [0.05, 0.1) is 24.0 Å². The predicted octanol–water partition coefficient (Wildman–Crippen LogP) is 7.75. The summed E-state index contributed by atoms with van der Waals surface area (Å²) < 4.78 is 13.2. The van der Waals surface area contributed by atoms with Crippen LogP contribution < -0.4 is 9.47 Å². The Morgan fingerprint density at radius 2 is 1.00 bits per heavy atom. The highest BCUT2D eigenvalue weighted by atomic mass is 32.1. The summed E-state index contributed by atoms with van der Waals surface area (Å²) in [6, 6.07) is 10.6. The normalized spacial score (nSPS) is 30.1. The fourth-order valence-electron chi connectivity index (χ4n) is 9.38. The first-order valence-electron chi connectivity index (χ1n) is 18.4. The number of aliphatic imine (C=N–C) groups is 2. The van der Waals surface area contributed by atoms with E-state index in [9.17, 15) is 29.7 Å². The van der Waals surface area contributed by atoms with Gasteiger partial charge in [-0.05, 0) is 64.8 Å². The number of ether oxygens (including phenoxy) is 2. The van der Waals surface area contributed by atoms with Crippen LogP contribution in [-0.2, 0) is 30.4 Å². The van der Waals surface area contributed by atoms with Crippen molar-refractivity contribution in [1.29, 1.82) is 10.5 Å². The molecule has 0 bridgehead atoms. The number of ketones is 4. The monoisotopic (exact) mass is 780 g/mol. The van der Waals surface area contributed by atoms with E-state index in [1.807, 2.05) is 52.0 Å². The third-order valence-corrected chi connectivity index (χ3v) is 14.5. The highest BCUT2D eigenvalue weighted by Crippen LogP contribution is 2.58. The molecular formula is C42H32N6O6S2. The Kier molecular flexibility index (Phi) is 7.91. The van der Waals surface area contributed by atoms with Gasteiger partial charge >= 0.3 is 0 Å². The molecule has 1 aromatic carbocycles. The first kappa shape index (κ1) is 35.9. The second kappa shape index (κ2) is 12.4. The van der Waals surface area contributed by atoms with E-state index < -0.39 is 58.8 Å². The van der Waals surface area contributed by atoms with E-state index in [1.54, 1.807) is 0 Å². The summed E-state index contributed by atoms with van der Waals surface area (Å²) in [7, 11) is 0. The van der Waals surface area contributed by atoms with Crippen LogP contribution in [0.4, 0.5) is 10.0 Å². The largest absolute Gasteiger partial charge is 0.482 e. The first-order valence-corrected chi connectivity index (χ1v) is 20.0. The van der Waals surface area contributed by atoms with Gasteiger partial charge < -0.3 is 19.2 Å². The van der Waals surface area contributed by atoms with Crippen molar-refractivity contribution in [3.05, 3.63) is 58.2 Å². The number of hydrogen-bond acceptors (Lipinski definition) is 12. The van der Waals surface area contributed by atoms with Crippen LogP contribution in [0.5, 0.6) is 11.5 Å². The summed E-state index contributed by atoms with van der Waals surface area (Å²) in [6.45, 7) is 22.8. The van der Waals surface area contributed by atoms with Crippen LogP contribution in [0.1, 0.15) is 64.5 Å². The lowest BCUT2D eigenvalue weighted by molar-refractivity contribution is -0.121. The second-order valence-electron chi connectivity index (χ2n) is 16.3. The number of nitriles is 2. The summed E-state index contributed by atoms with van der Waals surface area (Å²) in [5.74, 6) is -4.04. The lowest BCUT2D eigenvalue weighted by Crippen LogP contribution is -2.37. The second-order valence-corrected chi connectivity index (χ2v) is 18.4. The molecule has 0 radical (unpaired) electrons. The van der Waals surface area contributed by atoms with Gasteiger partial charge in [0.15, 0.2) is 34.6 Å². The molecule has 3 aromatic rings. The number of rotatable bonds is 2. The maximum absolute atomic E-state index is 13.5. The fourth-order valence-corrected chi connectivity index (χ4v) is 11.8. The van der Waals surface area contributed by atoms with E-state index in [0.29, 0.717) is 21.5 Å². The summed E-state index contributed by atoms with van der Waals surface area (Å²) in [4.78, 5) is 72.1. The van der Waals surface area contributed by atoms with Crippen LogP contribution in [0.3, 0.4) is 0 Å². The van der Waals surface area contributed by atoms with E-state index in [4.69, 9.17) is 22.6 Å². The van der Waals surface area contributed by atoms with Gasteiger partial charge in [0.2, 0.25) is 0 Å². The third-order valence-electron chi connectivity index (χ3n) is 12.3. The molecule has 0 N–H and O–H groups in total. The number of carbonyl (C=O) groups excluding carboxylic acids is 4. The molecule has 56 heavy (non-hydrogen) atoms. The molecular weight excluding hydrogens is 749 g/mol. The zero-order chi connectivity index (χ0) is 39.6. The van der Waals surface area contributed by atoms with Gasteiger partial charge in [-0.1, -0.05) is 0 Å². The molecule has 4 heterocycles. The standard InChI is InChI=1S/C42H32N6O6S2/c1-41(2)25-13-31(47-33-35(49)19-7-17(15-43)18(16-44)8-20(19)36(33)50)55-39(25)23-11-30-24(12-29(23)53-41)40-26(42(3,4)54-30)14-32(56-40)48-34-37(51)21-9-27(45-5)28(46-6)10-22(21)38(34)52/h11-14,17-22,27-28H,7-10H2,1-4H3. The highest BCUT2D eigenvalue weighted by Gasteiger charge is 2.57. The summed E-state index contributed by atoms with van der Waals surface area (Å²) in [5.41, 5.74) is 1.32. The van der Waals surface area contributed by atoms with Crippen LogP contribution >= 0.6 is 22.7 Å². The Balaban J connectivity index is 1.06. The quantitative estimate of drug-likeness (QED) is 0.238. The number of carbonyl (C=O) groups is 4. The molecule has 6 aliphatic rings. The number of fused-ring (bicyclic) bond motifs is 8. The summed E-state index contributed by atoms with van der Waals surface area (Å²) in [6.07, 6.45) is 0.722. The molecule has 2 aliphatic heterocycles. The lowest BCUT2D eigenvalue weighted by atomic mass is 9.70. The third kappa shape index (κ3) is 5.16. The molecule has 9 rings (SSSR count). The Labute approximate surface area is 330 Å². The van der Waals surface area contributed by atoms with Gasteiger partial charge in [-0.3, -0.25) is 19.2 Å². The minimum Gasteiger partial charge on any atom is -0.482 e. The maximum atomic E-state index is 13.5. The molecule has 8 atom stereocenters. The molecule has 14 heteroatoms. The van der Waals surface area contributed by atoms with Gasteiger partial charge in [-0.2, -0.15) is 10.5 Å². The SMILES string of the molecule is [C-]#[N+]C1CC2C(=O)C(=Nc3cc4c(s3)-c3cc5c(cc3OC4(C)C)-c3sc(N=C4C(=O)C6CC(C#N)C(C#N)CC6C4=O)cc3C(C)(C)O5)C(=O)C2CC1[N+]#[C-]. The van der Waals surface area contributed by atoms with Crippen molar-refractivity contribution in [3.63, 3.8) is 0 Å². The van der Waals surface area contributed by atoms with E-state index in [1.165, 1.54) is 22.7 Å². The molecule has 12 nitrogen and oxygen atoms in total. The minimum absolute atomic E-state index is 0.121. The van der Waals surface area contributed by atoms with Crippen LogP contribution in [0.2, 0.25) is 0 Å². The van der Waals surface area contributed by atoms with Gasteiger partial charge in [0.1, 0.15) is 32.7 Å². The number of benzene rings is 1. The van der Waals surface area contributed by atoms with Gasteiger partial charge in [-0.15, -0.1) is 22.7 Å². The van der Waals surface area contributed by atoms with Crippen molar-refractivity contribution < 1.29 is 28.7 Å². The Morgan fingerprint density at radius 1 is 0.643 bits per heavy atom. The van der Waals surface area contributed by atoms with Crippen molar-refractivity contribution in [1.82, 2.24) is 0 Å². The lowest BCUT2D eigenvalue weighted by Gasteiger charge is -2.36. The van der Waals surface area contributed by atoms with Gasteiger partial charge in [0.25, 0.3) is 12.1 Å². The molecule has 2 aromatic heterocycles. The van der Waals surface area contributed by atoms with Crippen LogP contribution in [0.25, 0.3) is 30.6 Å². The van der Waals surface area contributed by atoms with Crippen LogP contribution in [0.15, 0.2) is 34.3 Å². The molecule has 0 amide bonds. The molecule has 4 fully saturated rings. The Hall–Kier alpha value is -5.80. The molecule has 278 valence electrons. The zero-order valence-electron chi connectivity index (χ0n) is 30.7. The summed E-state index contributed by atoms with van der Waals surface area (Å²) in [5, 5.41) is 20.1. The van der Waals surface area contributed by atoms with Crippen molar-refractivity contribution >= 4 is 67.2 Å². The van der Waals surface area contributed by atoms with Crippen LogP contribution in [0, 0.1) is 71.3 Å². The van der Waals surface area contributed by atoms with Crippen molar-refractivity contribution in [2.75, 3.05) is 0 Å². The fraction of sp³-hybridized carbons (Fsp3) is 0.429. The summed E-state index contributed by atoms with van der Waals surface area (Å²) >= 11 is 2.69. The van der Waals surface area contributed by atoms with E-state index in [2.05, 4.69) is 31.8 Å².